The van der Waals surface area contributed by atoms with E-state index in [9.17, 15) is 28.3 Å². The minimum absolute atomic E-state index is 0.233. The van der Waals surface area contributed by atoms with Gasteiger partial charge < -0.3 is 20.6 Å². The third-order valence-electron chi connectivity index (χ3n) is 5.78. The van der Waals surface area contributed by atoms with E-state index in [2.05, 4.69) is 10.6 Å². The Kier molecular flexibility index (Phi) is 7.75. The molecule has 3 N–H and O–H groups in total. The van der Waals surface area contributed by atoms with Crippen LogP contribution in [-0.4, -0.2) is 53.4 Å². The molecular formula is C24H27F2N3O4. The van der Waals surface area contributed by atoms with Crippen LogP contribution in [0.1, 0.15) is 42.9 Å². The van der Waals surface area contributed by atoms with Gasteiger partial charge in [-0.05, 0) is 43.0 Å². The number of hydrogen-bond acceptors (Lipinski definition) is 4. The molecule has 176 valence electrons. The van der Waals surface area contributed by atoms with Crippen molar-refractivity contribution in [1.82, 2.24) is 15.5 Å². The number of aliphatic hydroxyl groups is 1. The molecule has 0 radical (unpaired) electrons. The van der Waals surface area contributed by atoms with Gasteiger partial charge in [-0.1, -0.05) is 30.3 Å². The summed E-state index contributed by atoms with van der Waals surface area (Å²) >= 11 is 0. The summed E-state index contributed by atoms with van der Waals surface area (Å²) in [6.07, 6.45) is -0.403. The number of aliphatic hydroxyl groups excluding tert-OH is 1. The minimum Gasteiger partial charge on any atom is -0.378 e. The van der Waals surface area contributed by atoms with Crippen molar-refractivity contribution in [3.05, 3.63) is 71.3 Å². The predicted molar refractivity (Wildman–Crippen MR) is 117 cm³/mol. The van der Waals surface area contributed by atoms with E-state index < -0.39 is 41.6 Å². The highest BCUT2D eigenvalue weighted by atomic mass is 19.1. The number of carbonyl (C=O) groups is 3. The first kappa shape index (κ1) is 24.3. The average Bonchev–Trinajstić information content (AvgIpc) is 2.92. The van der Waals surface area contributed by atoms with E-state index in [0.717, 1.165) is 24.1 Å². The molecule has 0 unspecified atom stereocenters. The van der Waals surface area contributed by atoms with Crippen molar-refractivity contribution >= 4 is 17.7 Å². The molecule has 0 aliphatic carbocycles. The molecule has 4 atom stereocenters. The monoisotopic (exact) mass is 459 g/mol. The standard InChI is InChI=1S/C24H27F2N3O4/c1-14(27-23(32)21(30)16-11-17(25)13-18(26)12-16)22(31)28-20-19(15-7-4-3-5-8-15)9-6-10-29(2)24(20)33/h3-5,7-8,11-14,19-21,30H,6,9-10H2,1-2H3,(H,27,32)(H,28,31)/t14-,19-,20-,21+/m0/s1. The number of rotatable bonds is 6. The smallest absolute Gasteiger partial charge is 0.254 e. The Bertz CT molecular complexity index is 998. The highest BCUT2D eigenvalue weighted by Gasteiger charge is 2.36. The fourth-order valence-corrected chi connectivity index (χ4v) is 3.98. The van der Waals surface area contributed by atoms with Gasteiger partial charge in [0.05, 0.1) is 0 Å². The lowest BCUT2D eigenvalue weighted by molar-refractivity contribution is -0.137. The SMILES string of the molecule is C[C@H](NC(=O)[C@H](O)c1cc(F)cc(F)c1)C(=O)N[C@@H]1C(=O)N(C)CCC[C@H]1c1ccccc1. The molecule has 7 nitrogen and oxygen atoms in total. The lowest BCUT2D eigenvalue weighted by Crippen LogP contribution is -2.54. The van der Waals surface area contributed by atoms with Crippen molar-refractivity contribution in [2.75, 3.05) is 13.6 Å². The first-order chi connectivity index (χ1) is 15.7. The summed E-state index contributed by atoms with van der Waals surface area (Å²) in [5, 5.41) is 15.2. The van der Waals surface area contributed by atoms with Crippen LogP contribution < -0.4 is 10.6 Å². The van der Waals surface area contributed by atoms with Gasteiger partial charge in [0.15, 0.2) is 6.10 Å². The summed E-state index contributed by atoms with van der Waals surface area (Å²) in [6.45, 7) is 1.96. The molecule has 3 rings (SSSR count). The molecule has 1 aliphatic rings. The molecule has 0 saturated carbocycles. The van der Waals surface area contributed by atoms with Crippen LogP contribution in [0.2, 0.25) is 0 Å². The van der Waals surface area contributed by atoms with Crippen LogP contribution in [0, 0.1) is 11.6 Å². The Hall–Kier alpha value is -3.33. The lowest BCUT2D eigenvalue weighted by atomic mass is 9.87. The zero-order valence-corrected chi connectivity index (χ0v) is 18.4. The first-order valence-electron chi connectivity index (χ1n) is 10.7. The fraction of sp³-hybridized carbons (Fsp3) is 0.375. The minimum atomic E-state index is -1.87. The summed E-state index contributed by atoms with van der Waals surface area (Å²) in [6, 6.07) is 9.77. The third-order valence-corrected chi connectivity index (χ3v) is 5.78. The van der Waals surface area contributed by atoms with Crippen LogP contribution in [0.5, 0.6) is 0 Å². The van der Waals surface area contributed by atoms with Crippen molar-refractivity contribution in [3.8, 4) is 0 Å². The number of carbonyl (C=O) groups excluding carboxylic acids is 3. The van der Waals surface area contributed by atoms with Crippen LogP contribution in [-0.2, 0) is 14.4 Å². The van der Waals surface area contributed by atoms with E-state index in [1.165, 1.54) is 6.92 Å². The number of amides is 3. The second kappa shape index (κ2) is 10.5. The normalized spacial score (nSPS) is 20.5. The van der Waals surface area contributed by atoms with Crippen molar-refractivity contribution in [2.45, 2.75) is 43.9 Å². The molecule has 1 fully saturated rings. The predicted octanol–water partition coefficient (Wildman–Crippen LogP) is 2.02. The Morgan fingerprint density at radius 1 is 1.09 bits per heavy atom. The molecule has 2 aromatic rings. The van der Waals surface area contributed by atoms with Gasteiger partial charge in [0.25, 0.3) is 5.91 Å². The maximum Gasteiger partial charge on any atom is 0.254 e. The molecule has 33 heavy (non-hydrogen) atoms. The molecule has 1 heterocycles. The quantitative estimate of drug-likeness (QED) is 0.616. The lowest BCUT2D eigenvalue weighted by Gasteiger charge is -2.28. The van der Waals surface area contributed by atoms with Gasteiger partial charge in [-0.2, -0.15) is 0 Å². The number of benzene rings is 2. The number of halogens is 2. The summed E-state index contributed by atoms with van der Waals surface area (Å²) in [5.41, 5.74) is 0.647. The molecule has 1 aliphatic heterocycles. The molecular weight excluding hydrogens is 432 g/mol. The molecule has 9 heteroatoms. The Morgan fingerprint density at radius 3 is 2.36 bits per heavy atom. The Labute approximate surface area is 190 Å². The van der Waals surface area contributed by atoms with Crippen molar-refractivity contribution < 1.29 is 28.3 Å². The topological polar surface area (TPSA) is 98.7 Å². The third kappa shape index (κ3) is 5.92. The Balaban J connectivity index is 1.71. The first-order valence-corrected chi connectivity index (χ1v) is 10.7. The van der Waals surface area contributed by atoms with E-state index in [0.29, 0.717) is 19.0 Å². The van der Waals surface area contributed by atoms with Gasteiger partial charge in [-0.25, -0.2) is 8.78 Å². The van der Waals surface area contributed by atoms with Crippen molar-refractivity contribution in [3.63, 3.8) is 0 Å². The molecule has 0 bridgehead atoms. The zero-order valence-electron chi connectivity index (χ0n) is 18.4. The summed E-state index contributed by atoms with van der Waals surface area (Å²) in [5.74, 6) is -3.96. The summed E-state index contributed by atoms with van der Waals surface area (Å²) in [4.78, 5) is 39.8. The van der Waals surface area contributed by atoms with Gasteiger partial charge in [-0.15, -0.1) is 0 Å². The number of likely N-dealkylation sites (N-methyl/N-ethyl adjacent to an activating group) is 1. The summed E-state index contributed by atoms with van der Waals surface area (Å²) < 4.78 is 26.8. The van der Waals surface area contributed by atoms with Crippen molar-refractivity contribution in [2.24, 2.45) is 0 Å². The summed E-state index contributed by atoms with van der Waals surface area (Å²) in [7, 11) is 1.68. The second-order valence-corrected chi connectivity index (χ2v) is 8.24. The number of hydrogen-bond donors (Lipinski definition) is 3. The number of nitrogens with one attached hydrogen (secondary N) is 2. The Morgan fingerprint density at radius 2 is 1.73 bits per heavy atom. The van der Waals surface area contributed by atoms with Crippen LogP contribution in [0.4, 0.5) is 8.78 Å². The average molecular weight is 459 g/mol. The van der Waals surface area contributed by atoms with E-state index in [1.54, 1.807) is 11.9 Å². The molecule has 2 aromatic carbocycles. The molecule has 3 amide bonds. The number of likely N-dealkylation sites (tertiary alicyclic amines) is 1. The largest absolute Gasteiger partial charge is 0.378 e. The maximum atomic E-state index is 13.4. The fourth-order valence-electron chi connectivity index (χ4n) is 3.98. The van der Waals surface area contributed by atoms with Crippen LogP contribution in [0.3, 0.4) is 0 Å². The van der Waals surface area contributed by atoms with Gasteiger partial charge in [0.1, 0.15) is 23.7 Å². The van der Waals surface area contributed by atoms with E-state index >= 15 is 0 Å². The van der Waals surface area contributed by atoms with Crippen LogP contribution in [0.15, 0.2) is 48.5 Å². The molecule has 0 spiro atoms. The van der Waals surface area contributed by atoms with Crippen LogP contribution in [0.25, 0.3) is 0 Å². The van der Waals surface area contributed by atoms with Crippen molar-refractivity contribution in [1.29, 1.82) is 0 Å². The van der Waals surface area contributed by atoms with E-state index in [-0.39, 0.29) is 17.4 Å². The van der Waals surface area contributed by atoms with Crippen LogP contribution >= 0.6 is 0 Å². The maximum absolute atomic E-state index is 13.4. The highest BCUT2D eigenvalue weighted by Crippen LogP contribution is 2.29. The van der Waals surface area contributed by atoms with Gasteiger partial charge in [0, 0.05) is 25.6 Å². The van der Waals surface area contributed by atoms with Gasteiger partial charge >= 0.3 is 0 Å². The van der Waals surface area contributed by atoms with Gasteiger partial charge in [0.2, 0.25) is 11.8 Å². The zero-order chi connectivity index (χ0) is 24.1. The number of nitrogens with zero attached hydrogens (tertiary/aromatic N) is 1. The highest BCUT2D eigenvalue weighted by molar-refractivity contribution is 5.93. The van der Waals surface area contributed by atoms with E-state index in [1.807, 2.05) is 30.3 Å². The second-order valence-electron chi connectivity index (χ2n) is 8.24. The van der Waals surface area contributed by atoms with E-state index in [4.69, 9.17) is 0 Å². The molecule has 0 aromatic heterocycles. The van der Waals surface area contributed by atoms with Gasteiger partial charge in [-0.3, -0.25) is 14.4 Å². The molecule has 1 saturated heterocycles.